The first-order valence-corrected chi connectivity index (χ1v) is 9.92. The molecule has 2 N–H and O–H groups in total. The van der Waals surface area contributed by atoms with E-state index >= 15 is 0 Å². The molecule has 0 radical (unpaired) electrons. The Bertz CT molecular complexity index is 1010. The molecule has 1 amide bonds. The Morgan fingerprint density at radius 3 is 2.47 bits per heavy atom. The van der Waals surface area contributed by atoms with E-state index in [-0.39, 0.29) is 10.7 Å². The summed E-state index contributed by atoms with van der Waals surface area (Å²) < 4.78 is 42.1. The van der Waals surface area contributed by atoms with E-state index in [2.05, 4.69) is 29.9 Å². The van der Waals surface area contributed by atoms with Crippen LogP contribution in [0, 0.1) is 0 Å². The molecule has 3 aromatic rings. The van der Waals surface area contributed by atoms with Crippen molar-refractivity contribution >= 4 is 28.3 Å². The Morgan fingerprint density at radius 1 is 1.10 bits per heavy atom. The van der Waals surface area contributed by atoms with Gasteiger partial charge < -0.3 is 10.2 Å². The Labute approximate surface area is 174 Å². The number of aromatic nitrogens is 3. The minimum absolute atomic E-state index is 0.0956. The smallest absolute Gasteiger partial charge is 0.368 e. The van der Waals surface area contributed by atoms with E-state index in [1.165, 1.54) is 0 Å². The number of hydrogen-bond acceptors (Lipinski definition) is 7. The number of halogens is 3. The van der Waals surface area contributed by atoms with Gasteiger partial charge in [-0.3, -0.25) is 15.1 Å². The highest BCUT2D eigenvalue weighted by atomic mass is 32.1. The minimum atomic E-state index is -4.45. The van der Waals surface area contributed by atoms with Crippen LogP contribution in [0.4, 0.5) is 24.0 Å². The molecule has 1 aliphatic heterocycles. The molecule has 0 bridgehead atoms. The first-order chi connectivity index (χ1) is 14.4. The quantitative estimate of drug-likeness (QED) is 0.656. The highest BCUT2D eigenvalue weighted by Crippen LogP contribution is 2.29. The van der Waals surface area contributed by atoms with Gasteiger partial charge in [-0.15, -0.1) is 0 Å². The molecule has 0 atom stereocenters. The van der Waals surface area contributed by atoms with Crippen LogP contribution >= 0.6 is 11.5 Å². The van der Waals surface area contributed by atoms with Gasteiger partial charge in [-0.1, -0.05) is 0 Å². The molecular weight excluding hydrogens is 417 g/mol. The van der Waals surface area contributed by atoms with Gasteiger partial charge in [0.15, 0.2) is 5.82 Å². The zero-order valence-corrected chi connectivity index (χ0v) is 16.4. The summed E-state index contributed by atoms with van der Waals surface area (Å²) >= 11 is 0.975. The van der Waals surface area contributed by atoms with Crippen molar-refractivity contribution in [2.75, 3.05) is 36.4 Å². The maximum Gasteiger partial charge on any atom is 0.416 e. The molecule has 1 fully saturated rings. The third-order valence-electron chi connectivity index (χ3n) is 4.58. The van der Waals surface area contributed by atoms with Crippen molar-refractivity contribution in [2.24, 2.45) is 0 Å². The van der Waals surface area contributed by atoms with Crippen LogP contribution in [-0.4, -0.2) is 46.4 Å². The largest absolute Gasteiger partial charge is 0.416 e. The number of hydrogen-bond donors (Lipinski definition) is 2. The lowest BCUT2D eigenvalue weighted by atomic mass is 10.1. The van der Waals surface area contributed by atoms with Crippen molar-refractivity contribution in [3.63, 3.8) is 0 Å². The number of carbonyl (C=O) groups excluding carboxylic acids is 1. The Kier molecular flexibility index (Phi) is 5.64. The number of amides is 1. The number of alkyl halides is 3. The molecule has 0 unspecified atom stereocenters. The van der Waals surface area contributed by atoms with Crippen LogP contribution in [0.25, 0.3) is 11.5 Å². The van der Waals surface area contributed by atoms with Crippen LogP contribution in [0.3, 0.4) is 0 Å². The van der Waals surface area contributed by atoms with E-state index < -0.39 is 17.6 Å². The second-order valence-electron chi connectivity index (χ2n) is 6.59. The normalized spacial score (nSPS) is 14.6. The Morgan fingerprint density at radius 2 is 1.83 bits per heavy atom. The van der Waals surface area contributed by atoms with Gasteiger partial charge in [0.05, 0.1) is 17.4 Å². The predicted octanol–water partition coefficient (Wildman–Crippen LogP) is 3.28. The van der Waals surface area contributed by atoms with E-state index in [0.29, 0.717) is 11.5 Å². The van der Waals surface area contributed by atoms with Crippen LogP contribution in [0.5, 0.6) is 0 Å². The second kappa shape index (κ2) is 8.36. The summed E-state index contributed by atoms with van der Waals surface area (Å²) in [4.78, 5) is 23.2. The lowest BCUT2D eigenvalue weighted by molar-refractivity contribution is -0.137. The first-order valence-electron chi connectivity index (χ1n) is 9.14. The fourth-order valence-corrected chi connectivity index (χ4v) is 3.56. The third kappa shape index (κ3) is 4.57. The Hall–Kier alpha value is -3.05. The monoisotopic (exact) mass is 434 g/mol. The van der Waals surface area contributed by atoms with Gasteiger partial charge in [-0.05, 0) is 36.4 Å². The van der Waals surface area contributed by atoms with Crippen molar-refractivity contribution in [2.45, 2.75) is 6.18 Å². The van der Waals surface area contributed by atoms with Crippen LogP contribution in [-0.2, 0) is 6.18 Å². The van der Waals surface area contributed by atoms with Gasteiger partial charge in [-0.2, -0.15) is 22.5 Å². The number of nitrogens with zero attached hydrogens (tertiary/aromatic N) is 4. The number of benzene rings is 1. The molecule has 0 spiro atoms. The Balaban J connectivity index is 1.42. The molecule has 2 aromatic heterocycles. The number of rotatable bonds is 4. The van der Waals surface area contributed by atoms with Gasteiger partial charge in [0, 0.05) is 43.3 Å². The van der Waals surface area contributed by atoms with E-state index in [0.717, 1.165) is 67.7 Å². The maximum atomic E-state index is 12.6. The van der Waals surface area contributed by atoms with Crippen molar-refractivity contribution in [3.8, 4) is 11.5 Å². The molecule has 1 aliphatic rings. The zero-order valence-electron chi connectivity index (χ0n) is 15.6. The number of carbonyl (C=O) groups is 1. The molecule has 4 rings (SSSR count). The second-order valence-corrected chi connectivity index (χ2v) is 7.34. The van der Waals surface area contributed by atoms with Gasteiger partial charge in [0.2, 0.25) is 5.13 Å². The van der Waals surface area contributed by atoms with E-state index in [1.54, 1.807) is 6.20 Å². The van der Waals surface area contributed by atoms with Crippen LogP contribution in [0.15, 0.2) is 42.6 Å². The first kappa shape index (κ1) is 20.2. The number of pyridine rings is 1. The molecule has 0 saturated carbocycles. The lowest BCUT2D eigenvalue weighted by Crippen LogP contribution is -2.43. The van der Waals surface area contributed by atoms with Gasteiger partial charge in [0.1, 0.15) is 5.69 Å². The molecule has 30 heavy (non-hydrogen) atoms. The van der Waals surface area contributed by atoms with Crippen LogP contribution in [0.2, 0.25) is 0 Å². The minimum Gasteiger partial charge on any atom is -0.368 e. The number of nitrogens with one attached hydrogen (secondary N) is 2. The molecule has 0 aliphatic carbocycles. The molecular formula is C19H17F3N6OS. The topological polar surface area (TPSA) is 83.0 Å². The highest BCUT2D eigenvalue weighted by Gasteiger charge is 2.30. The fraction of sp³-hybridized carbons (Fsp3) is 0.263. The summed E-state index contributed by atoms with van der Waals surface area (Å²) in [5.41, 5.74) is 0.873. The van der Waals surface area contributed by atoms with Crippen LogP contribution in [0.1, 0.15) is 15.9 Å². The van der Waals surface area contributed by atoms with Crippen molar-refractivity contribution < 1.29 is 18.0 Å². The van der Waals surface area contributed by atoms with Crippen molar-refractivity contribution in [3.05, 3.63) is 53.7 Å². The van der Waals surface area contributed by atoms with E-state index in [4.69, 9.17) is 0 Å². The standard InChI is InChI=1S/C19H17F3N6OS/c20-19(21,22)13-3-1-12(2-4-13)17(29)26-18-25-16(27-30-18)15-6-5-14(11-24-15)28-9-7-23-8-10-28/h1-6,11,23H,7-10H2,(H,25,26,27,29). The summed E-state index contributed by atoms with van der Waals surface area (Å²) in [7, 11) is 0. The SMILES string of the molecule is O=C(Nc1nc(-c2ccc(N3CCNCC3)cn2)ns1)c1ccc(C(F)(F)F)cc1. The molecule has 7 nitrogen and oxygen atoms in total. The average Bonchev–Trinajstić information content (AvgIpc) is 3.22. The van der Waals surface area contributed by atoms with Gasteiger partial charge >= 0.3 is 6.18 Å². The highest BCUT2D eigenvalue weighted by molar-refractivity contribution is 7.10. The number of anilines is 2. The van der Waals surface area contributed by atoms with E-state index in [9.17, 15) is 18.0 Å². The predicted molar refractivity (Wildman–Crippen MR) is 108 cm³/mol. The third-order valence-corrected chi connectivity index (χ3v) is 5.21. The fourth-order valence-electron chi connectivity index (χ4n) is 2.99. The zero-order chi connectivity index (χ0) is 21.1. The number of piperazine rings is 1. The summed E-state index contributed by atoms with van der Waals surface area (Å²) in [6.45, 7) is 3.68. The molecule has 1 saturated heterocycles. The van der Waals surface area contributed by atoms with Crippen molar-refractivity contribution in [1.29, 1.82) is 0 Å². The average molecular weight is 434 g/mol. The molecule has 156 valence electrons. The van der Waals surface area contributed by atoms with E-state index in [1.807, 2.05) is 12.1 Å². The van der Waals surface area contributed by atoms with Crippen molar-refractivity contribution in [1.82, 2.24) is 19.7 Å². The lowest BCUT2D eigenvalue weighted by Gasteiger charge is -2.29. The molecule has 11 heteroatoms. The van der Waals surface area contributed by atoms with Gasteiger partial charge in [0.25, 0.3) is 5.91 Å². The summed E-state index contributed by atoms with van der Waals surface area (Å²) in [5.74, 6) is -0.192. The molecule has 1 aromatic carbocycles. The van der Waals surface area contributed by atoms with Gasteiger partial charge in [-0.25, -0.2) is 0 Å². The molecule has 3 heterocycles. The summed E-state index contributed by atoms with van der Waals surface area (Å²) in [5, 5.41) is 6.09. The van der Waals surface area contributed by atoms with Crippen LogP contribution < -0.4 is 15.5 Å². The summed E-state index contributed by atoms with van der Waals surface area (Å²) in [6.07, 6.45) is -2.68. The maximum absolute atomic E-state index is 12.6. The summed E-state index contributed by atoms with van der Waals surface area (Å²) in [6, 6.07) is 7.75.